The number of benzene rings is 4. The molecule has 0 amide bonds. The molecule has 368 valence electrons. The van der Waals surface area contributed by atoms with Crippen molar-refractivity contribution in [2.45, 2.75) is 78.9 Å². The lowest BCUT2D eigenvalue weighted by molar-refractivity contribution is -0.438. The number of anilines is 1. The minimum atomic E-state index is -4.97. The van der Waals surface area contributed by atoms with Gasteiger partial charge in [-0.05, 0) is 79.4 Å². The molecule has 2 heterocycles. The Bertz CT molecular complexity index is 3250. The van der Waals surface area contributed by atoms with Gasteiger partial charge in [-0.3, -0.25) is 18.5 Å². The number of hydrogen-bond acceptors (Lipinski definition) is 14. The number of carboxylic acids is 1. The number of sulfonamides is 1. The molecule has 19 nitrogen and oxygen atoms in total. The number of aliphatic carboxylic acids is 1. The molecule has 0 bridgehead atoms. The molecular formula is C44H52N3O16S5+. The van der Waals surface area contributed by atoms with Gasteiger partial charge in [0.2, 0.25) is 15.7 Å². The monoisotopic (exact) mass is 1040 g/mol. The standard InChI is InChI=1S/C44H51N3O16S5/c1-43(2)38(47(24-12-26-65(51,52)53)34-20-18-30-32(41(34)43)13-9-14-36(30)66(54,55)45(5)22-10-17-40(48)49)15-7-6-8-16-39-44(3,4)42-33-27-29(67(56,57)58)28-37(68(59,60)61)31(33)19-21-35(42)46(39)23-11-25-64-63-62-50/h6-9,13-16,18-21,27-28H,10-12,17,22-26H2,1-5H3,(H4-,48,49,50,51,52,53,56,57,58,59,60,61)/p+1. The highest BCUT2D eigenvalue weighted by Crippen LogP contribution is 2.52. The quantitative estimate of drug-likeness (QED) is 0.0108. The molecule has 6 rings (SSSR count). The van der Waals surface area contributed by atoms with Crippen LogP contribution in [0.2, 0.25) is 0 Å². The summed E-state index contributed by atoms with van der Waals surface area (Å²) < 4.78 is 139. The van der Waals surface area contributed by atoms with Gasteiger partial charge in [0.15, 0.2) is 5.71 Å². The molecule has 4 aromatic carbocycles. The Morgan fingerprint density at radius 1 is 0.794 bits per heavy atom. The molecule has 0 radical (unpaired) electrons. The highest BCUT2D eigenvalue weighted by molar-refractivity contribution is 7.94. The van der Waals surface area contributed by atoms with E-state index < -0.39 is 72.7 Å². The Labute approximate surface area is 399 Å². The molecule has 0 aliphatic carbocycles. The molecule has 0 spiro atoms. The van der Waals surface area contributed by atoms with Crippen molar-refractivity contribution in [2.75, 3.05) is 43.1 Å². The fourth-order valence-electron chi connectivity index (χ4n) is 9.14. The van der Waals surface area contributed by atoms with Gasteiger partial charge in [-0.2, -0.15) is 29.8 Å². The Kier molecular flexibility index (Phi) is 15.6. The van der Waals surface area contributed by atoms with Crippen molar-refractivity contribution in [3.05, 3.63) is 102 Å². The van der Waals surface area contributed by atoms with Crippen LogP contribution in [0.15, 0.2) is 105 Å². The van der Waals surface area contributed by atoms with Gasteiger partial charge in [0.25, 0.3) is 30.4 Å². The van der Waals surface area contributed by atoms with Gasteiger partial charge < -0.3 is 10.0 Å². The second-order valence-electron chi connectivity index (χ2n) is 17.3. The van der Waals surface area contributed by atoms with Gasteiger partial charge in [-0.1, -0.05) is 55.3 Å². The van der Waals surface area contributed by atoms with E-state index in [2.05, 4.69) is 9.37 Å². The number of fused-ring (bicyclic) bond motifs is 6. The van der Waals surface area contributed by atoms with E-state index in [-0.39, 0.29) is 48.0 Å². The number of carboxylic acid groups (broad SMARTS) is 1. The van der Waals surface area contributed by atoms with E-state index in [1.807, 2.05) is 55.4 Å². The maximum absolute atomic E-state index is 13.9. The summed E-state index contributed by atoms with van der Waals surface area (Å²) in [6.07, 6.45) is 9.40. The third kappa shape index (κ3) is 10.9. The molecule has 0 unspecified atom stereocenters. The fraction of sp³-hybridized carbons (Fsp3) is 0.364. The van der Waals surface area contributed by atoms with E-state index in [0.717, 1.165) is 33.7 Å². The van der Waals surface area contributed by atoms with Crippen molar-refractivity contribution in [2.24, 2.45) is 0 Å². The Morgan fingerprint density at radius 2 is 1.49 bits per heavy atom. The maximum atomic E-state index is 13.9. The van der Waals surface area contributed by atoms with E-state index >= 15 is 0 Å². The summed E-state index contributed by atoms with van der Waals surface area (Å²) in [5, 5.41) is 22.7. The van der Waals surface area contributed by atoms with E-state index in [9.17, 15) is 52.1 Å². The van der Waals surface area contributed by atoms with Crippen molar-refractivity contribution in [1.82, 2.24) is 4.31 Å². The van der Waals surface area contributed by atoms with E-state index in [1.54, 1.807) is 42.5 Å². The van der Waals surface area contributed by atoms with Gasteiger partial charge in [0.1, 0.15) is 11.4 Å². The summed E-state index contributed by atoms with van der Waals surface area (Å²) in [5.41, 5.74) is 2.23. The van der Waals surface area contributed by atoms with Crippen LogP contribution in [0.1, 0.15) is 64.5 Å². The molecule has 0 saturated heterocycles. The zero-order chi connectivity index (χ0) is 50.2. The molecule has 2 aliphatic heterocycles. The number of rotatable bonds is 21. The van der Waals surface area contributed by atoms with Crippen molar-refractivity contribution in [1.29, 1.82) is 0 Å². The van der Waals surface area contributed by atoms with Crippen molar-refractivity contribution >= 4 is 97.0 Å². The third-order valence-electron chi connectivity index (χ3n) is 12.1. The first-order valence-corrected chi connectivity index (χ1v) is 27.8. The summed E-state index contributed by atoms with van der Waals surface area (Å²) in [7, 11) is -16.9. The summed E-state index contributed by atoms with van der Waals surface area (Å²) in [6, 6.07) is 13.4. The van der Waals surface area contributed by atoms with Crippen LogP contribution in [0.3, 0.4) is 0 Å². The van der Waals surface area contributed by atoms with Crippen molar-refractivity contribution < 1.29 is 76.4 Å². The minimum Gasteiger partial charge on any atom is -0.481 e. The zero-order valence-electron chi connectivity index (χ0n) is 37.6. The number of nitrogens with zero attached hydrogens (tertiary/aromatic N) is 3. The molecule has 0 fully saturated rings. The Hall–Kier alpha value is -4.57. The molecule has 5 N–H and O–H groups in total. The number of allylic oxidation sites excluding steroid dienone is 6. The van der Waals surface area contributed by atoms with Crippen LogP contribution in [0, 0.1) is 0 Å². The van der Waals surface area contributed by atoms with Crippen LogP contribution < -0.4 is 4.90 Å². The lowest BCUT2D eigenvalue weighted by Crippen LogP contribution is -2.28. The summed E-state index contributed by atoms with van der Waals surface area (Å²) in [4.78, 5) is 11.6. The van der Waals surface area contributed by atoms with Gasteiger partial charge in [-0.15, -0.1) is 4.33 Å². The van der Waals surface area contributed by atoms with E-state index in [4.69, 9.17) is 10.4 Å². The predicted molar refractivity (Wildman–Crippen MR) is 257 cm³/mol. The maximum Gasteiger partial charge on any atom is 0.303 e. The van der Waals surface area contributed by atoms with Crippen LogP contribution >= 0.6 is 12.0 Å². The normalized spacial score (nSPS) is 16.9. The van der Waals surface area contributed by atoms with Gasteiger partial charge in [-0.25, -0.2) is 18.0 Å². The minimum absolute atomic E-state index is 0.0130. The van der Waals surface area contributed by atoms with Gasteiger partial charge in [0, 0.05) is 96.1 Å². The summed E-state index contributed by atoms with van der Waals surface area (Å²) in [6.45, 7) is 8.11. The fourth-order valence-corrected chi connectivity index (χ4v) is 12.7. The second kappa shape index (κ2) is 20.0. The average Bonchev–Trinajstić information content (AvgIpc) is 3.59. The van der Waals surface area contributed by atoms with Crippen LogP contribution in [0.25, 0.3) is 21.5 Å². The molecule has 68 heavy (non-hydrogen) atoms. The first-order chi connectivity index (χ1) is 31.6. The topological polar surface area (TPSA) is 283 Å². The summed E-state index contributed by atoms with van der Waals surface area (Å²) in [5.74, 6) is -1.18. The molecule has 0 atom stereocenters. The average molecular weight is 1040 g/mol. The zero-order valence-corrected chi connectivity index (χ0v) is 41.6. The Balaban J connectivity index is 1.42. The van der Waals surface area contributed by atoms with Crippen molar-refractivity contribution in [3.63, 3.8) is 0 Å². The van der Waals surface area contributed by atoms with E-state index in [0.29, 0.717) is 58.2 Å². The van der Waals surface area contributed by atoms with Crippen LogP contribution in [0.4, 0.5) is 11.4 Å². The highest BCUT2D eigenvalue weighted by Gasteiger charge is 2.46. The molecule has 0 saturated carbocycles. The van der Waals surface area contributed by atoms with Crippen LogP contribution in [-0.2, 0) is 65.4 Å². The van der Waals surface area contributed by atoms with Crippen LogP contribution in [0.5, 0.6) is 0 Å². The number of hydrogen-bond donors (Lipinski definition) is 5. The lowest BCUT2D eigenvalue weighted by Gasteiger charge is -2.27. The predicted octanol–water partition coefficient (Wildman–Crippen LogP) is 6.88. The molecule has 4 aromatic rings. The first kappa shape index (κ1) is 52.8. The van der Waals surface area contributed by atoms with Crippen molar-refractivity contribution in [3.8, 4) is 0 Å². The van der Waals surface area contributed by atoms with Crippen LogP contribution in [-0.4, -0.2) is 116 Å². The molecule has 24 heteroatoms. The highest BCUT2D eigenvalue weighted by atomic mass is 32.2. The van der Waals surface area contributed by atoms with Gasteiger partial charge >= 0.3 is 5.97 Å². The molecular weight excluding hydrogens is 987 g/mol. The lowest BCUT2D eigenvalue weighted by atomic mass is 9.79. The number of carbonyl (C=O) groups is 1. The second-order valence-corrected chi connectivity index (χ2v) is 24.4. The Morgan fingerprint density at radius 3 is 2.13 bits per heavy atom. The summed E-state index contributed by atoms with van der Waals surface area (Å²) >= 11 is 0.851. The van der Waals surface area contributed by atoms with E-state index in [1.165, 1.54) is 19.2 Å². The molecule has 0 aromatic heterocycles. The third-order valence-corrected chi connectivity index (χ3v) is 17.1. The van der Waals surface area contributed by atoms with Gasteiger partial charge in [0.05, 0.1) is 21.0 Å². The molecule has 2 aliphatic rings. The smallest absolute Gasteiger partial charge is 0.303 e. The first-order valence-electron chi connectivity index (χ1n) is 21.0. The SMILES string of the molecule is CN(CCCC(=O)O)S(=O)(=O)c1cccc2c3c(ccc12)N(CCCS(=O)(=O)O)/C(=C/C=C/C=C/C1=[N+](CCCSOOO)c2ccc4c(S(=O)(=O)O)cc(S(=O)(=O)O)cc4c2C1(C)C)C3(C)C. The largest absolute Gasteiger partial charge is 0.481 e.